The topological polar surface area (TPSA) is 78.9 Å². The zero-order valence-corrected chi connectivity index (χ0v) is 14.0. The molecule has 8 heteroatoms. The van der Waals surface area contributed by atoms with Crippen LogP contribution in [-0.2, 0) is 13.6 Å². The zero-order chi connectivity index (χ0) is 16.9. The van der Waals surface area contributed by atoms with Gasteiger partial charge in [0, 0.05) is 46.5 Å². The monoisotopic (exact) mass is 330 g/mol. The lowest BCUT2D eigenvalue weighted by Crippen LogP contribution is -2.53. The van der Waals surface area contributed by atoms with Gasteiger partial charge in [-0.25, -0.2) is 0 Å². The van der Waals surface area contributed by atoms with Crippen LogP contribution in [-0.4, -0.2) is 64.7 Å². The van der Waals surface area contributed by atoms with Crippen molar-refractivity contribution in [3.05, 3.63) is 42.1 Å². The average Bonchev–Trinajstić information content (AvgIpc) is 3.27. The summed E-state index contributed by atoms with van der Waals surface area (Å²) in [5, 5.41) is 7.50. The Morgan fingerprint density at radius 3 is 2.62 bits per heavy atom. The number of aliphatic imine (C=N–C) groups is 1. The van der Waals surface area contributed by atoms with E-state index in [0.29, 0.717) is 25.4 Å². The minimum Gasteiger partial charge on any atom is -0.459 e. The molecule has 0 spiro atoms. The summed E-state index contributed by atoms with van der Waals surface area (Å²) in [5.41, 5.74) is 1.09. The molecule has 2 aromatic heterocycles. The summed E-state index contributed by atoms with van der Waals surface area (Å²) in [6, 6.07) is 5.40. The van der Waals surface area contributed by atoms with Crippen LogP contribution in [0.4, 0.5) is 0 Å². The quantitative estimate of drug-likeness (QED) is 0.657. The van der Waals surface area contributed by atoms with E-state index < -0.39 is 0 Å². The minimum absolute atomic E-state index is 0.0579. The van der Waals surface area contributed by atoms with E-state index in [-0.39, 0.29) is 5.91 Å². The molecule has 0 atom stereocenters. The molecule has 1 amide bonds. The van der Waals surface area contributed by atoms with Crippen molar-refractivity contribution in [2.45, 2.75) is 6.54 Å². The van der Waals surface area contributed by atoms with Gasteiger partial charge in [-0.3, -0.25) is 14.5 Å². The fourth-order valence-corrected chi connectivity index (χ4v) is 2.75. The lowest BCUT2D eigenvalue weighted by molar-refractivity contribution is 0.0657. The van der Waals surface area contributed by atoms with Gasteiger partial charge >= 0.3 is 0 Å². The van der Waals surface area contributed by atoms with Gasteiger partial charge in [0.25, 0.3) is 5.91 Å². The number of furan rings is 1. The Balaban J connectivity index is 1.53. The van der Waals surface area contributed by atoms with E-state index in [0.717, 1.165) is 24.7 Å². The molecule has 8 nitrogen and oxygen atoms in total. The third-order valence-corrected chi connectivity index (χ3v) is 4.16. The molecule has 0 aromatic carbocycles. The Bertz CT molecular complexity index is 698. The molecule has 1 saturated heterocycles. The molecule has 0 radical (unpaired) electrons. The smallest absolute Gasteiger partial charge is 0.289 e. The molecule has 1 aliphatic rings. The summed E-state index contributed by atoms with van der Waals surface area (Å²) in [6.45, 7) is 3.42. The molecular formula is C16H22N6O2. The predicted molar refractivity (Wildman–Crippen MR) is 89.6 cm³/mol. The second-order valence-electron chi connectivity index (χ2n) is 5.60. The van der Waals surface area contributed by atoms with Gasteiger partial charge in [-0.05, 0) is 18.2 Å². The van der Waals surface area contributed by atoms with Crippen LogP contribution >= 0.6 is 0 Å². The first-order chi connectivity index (χ1) is 11.7. The Kier molecular flexibility index (Phi) is 4.83. The number of hydrogen-bond donors (Lipinski definition) is 1. The van der Waals surface area contributed by atoms with Crippen LogP contribution in [0.3, 0.4) is 0 Å². The zero-order valence-electron chi connectivity index (χ0n) is 14.0. The number of piperazine rings is 1. The van der Waals surface area contributed by atoms with Gasteiger partial charge in [0.05, 0.1) is 18.5 Å². The Hall–Kier alpha value is -2.77. The van der Waals surface area contributed by atoms with Gasteiger partial charge in [0.1, 0.15) is 0 Å². The molecule has 1 N–H and O–H groups in total. The summed E-state index contributed by atoms with van der Waals surface area (Å²) < 4.78 is 7.02. The van der Waals surface area contributed by atoms with Gasteiger partial charge in [0.2, 0.25) is 0 Å². The van der Waals surface area contributed by atoms with Crippen LogP contribution < -0.4 is 5.32 Å². The van der Waals surface area contributed by atoms with Gasteiger partial charge in [0.15, 0.2) is 11.7 Å². The number of amides is 1. The fraction of sp³-hybridized carbons (Fsp3) is 0.438. The molecule has 2 aromatic rings. The summed E-state index contributed by atoms with van der Waals surface area (Å²) >= 11 is 0. The molecular weight excluding hydrogens is 308 g/mol. The Morgan fingerprint density at radius 1 is 1.29 bits per heavy atom. The second-order valence-corrected chi connectivity index (χ2v) is 5.60. The molecule has 0 saturated carbocycles. The SMILES string of the molecule is CN=C(NCc1ccnn1C)N1CCN(C(=O)c2ccco2)CC1. The Labute approximate surface area is 140 Å². The maximum atomic E-state index is 12.3. The van der Waals surface area contributed by atoms with Crippen molar-refractivity contribution in [1.29, 1.82) is 0 Å². The number of aryl methyl sites for hydroxylation is 1. The predicted octanol–water partition coefficient (Wildman–Crippen LogP) is 0.547. The number of carbonyl (C=O) groups excluding carboxylic acids is 1. The average molecular weight is 330 g/mol. The highest BCUT2D eigenvalue weighted by atomic mass is 16.3. The highest BCUT2D eigenvalue weighted by molar-refractivity contribution is 5.91. The van der Waals surface area contributed by atoms with Crippen molar-refractivity contribution in [2.75, 3.05) is 33.2 Å². The summed E-state index contributed by atoms with van der Waals surface area (Å²) in [6.07, 6.45) is 3.30. The van der Waals surface area contributed by atoms with E-state index in [2.05, 4.69) is 20.3 Å². The number of hydrogen-bond acceptors (Lipinski definition) is 4. The summed E-state index contributed by atoms with van der Waals surface area (Å²) in [5.74, 6) is 1.17. The van der Waals surface area contributed by atoms with Crippen molar-refractivity contribution >= 4 is 11.9 Å². The number of nitrogens with zero attached hydrogens (tertiary/aromatic N) is 5. The van der Waals surface area contributed by atoms with Crippen molar-refractivity contribution in [3.8, 4) is 0 Å². The maximum Gasteiger partial charge on any atom is 0.289 e. The van der Waals surface area contributed by atoms with Gasteiger partial charge < -0.3 is 19.5 Å². The van der Waals surface area contributed by atoms with Crippen LogP contribution in [0.25, 0.3) is 0 Å². The van der Waals surface area contributed by atoms with Crippen LogP contribution in [0.15, 0.2) is 40.1 Å². The molecule has 3 rings (SSSR count). The molecule has 128 valence electrons. The first kappa shape index (κ1) is 16.1. The lowest BCUT2D eigenvalue weighted by Gasteiger charge is -2.36. The van der Waals surface area contributed by atoms with Crippen LogP contribution in [0, 0.1) is 0 Å². The number of rotatable bonds is 3. The summed E-state index contributed by atoms with van der Waals surface area (Å²) in [7, 11) is 3.69. The van der Waals surface area contributed by atoms with E-state index in [9.17, 15) is 4.79 Å². The van der Waals surface area contributed by atoms with Crippen molar-refractivity contribution in [1.82, 2.24) is 24.9 Å². The molecule has 0 aliphatic carbocycles. The molecule has 24 heavy (non-hydrogen) atoms. The molecule has 0 unspecified atom stereocenters. The van der Waals surface area contributed by atoms with Gasteiger partial charge in [-0.15, -0.1) is 0 Å². The van der Waals surface area contributed by atoms with E-state index in [1.54, 1.807) is 25.4 Å². The van der Waals surface area contributed by atoms with Crippen LogP contribution in [0.1, 0.15) is 16.2 Å². The molecule has 0 bridgehead atoms. The highest BCUT2D eigenvalue weighted by Crippen LogP contribution is 2.09. The number of guanidine groups is 1. The van der Waals surface area contributed by atoms with E-state index >= 15 is 0 Å². The van der Waals surface area contributed by atoms with Crippen molar-refractivity contribution in [2.24, 2.45) is 12.0 Å². The first-order valence-corrected chi connectivity index (χ1v) is 7.94. The van der Waals surface area contributed by atoms with Crippen LogP contribution in [0.2, 0.25) is 0 Å². The largest absolute Gasteiger partial charge is 0.459 e. The van der Waals surface area contributed by atoms with E-state index in [4.69, 9.17) is 4.42 Å². The van der Waals surface area contributed by atoms with Crippen LogP contribution in [0.5, 0.6) is 0 Å². The lowest BCUT2D eigenvalue weighted by atomic mass is 10.3. The normalized spacial score (nSPS) is 15.7. The fourth-order valence-electron chi connectivity index (χ4n) is 2.75. The number of carbonyl (C=O) groups is 1. The third-order valence-electron chi connectivity index (χ3n) is 4.16. The highest BCUT2D eigenvalue weighted by Gasteiger charge is 2.25. The van der Waals surface area contributed by atoms with Crippen molar-refractivity contribution in [3.63, 3.8) is 0 Å². The van der Waals surface area contributed by atoms with E-state index in [1.165, 1.54) is 6.26 Å². The standard InChI is InChI=1S/C16H22N6O2/c1-17-16(18-12-13-5-6-19-20(13)2)22-9-7-21(8-10-22)15(23)14-4-3-11-24-14/h3-6,11H,7-10,12H2,1-2H3,(H,17,18). The molecule has 1 fully saturated rings. The molecule has 1 aliphatic heterocycles. The minimum atomic E-state index is -0.0579. The summed E-state index contributed by atoms with van der Waals surface area (Å²) in [4.78, 5) is 20.6. The van der Waals surface area contributed by atoms with Gasteiger partial charge in [-0.2, -0.15) is 5.10 Å². The maximum absolute atomic E-state index is 12.3. The molecule has 3 heterocycles. The first-order valence-electron chi connectivity index (χ1n) is 7.94. The number of nitrogens with one attached hydrogen (secondary N) is 1. The number of aromatic nitrogens is 2. The Morgan fingerprint density at radius 2 is 2.04 bits per heavy atom. The van der Waals surface area contributed by atoms with E-state index in [1.807, 2.05) is 22.7 Å². The third kappa shape index (κ3) is 3.42. The second kappa shape index (κ2) is 7.20. The van der Waals surface area contributed by atoms with Crippen molar-refractivity contribution < 1.29 is 9.21 Å². The van der Waals surface area contributed by atoms with Gasteiger partial charge in [-0.1, -0.05) is 0 Å².